The van der Waals surface area contributed by atoms with Gasteiger partial charge in [-0.25, -0.2) is 4.98 Å². The number of rotatable bonds is 0. The molecule has 1 aromatic rings. The lowest BCUT2D eigenvalue weighted by atomic mass is 10.1. The second-order valence-electron chi connectivity index (χ2n) is 5.74. The van der Waals surface area contributed by atoms with Gasteiger partial charge in [0, 0.05) is 30.7 Å². The maximum Gasteiger partial charge on any atom is 0.132 e. The minimum absolute atomic E-state index is 0.155. The minimum Gasteiger partial charge on any atom is -0.367 e. The fourth-order valence-corrected chi connectivity index (χ4v) is 3.56. The van der Waals surface area contributed by atoms with Gasteiger partial charge in [-0.15, -0.1) is 0 Å². The van der Waals surface area contributed by atoms with E-state index in [9.17, 15) is 0 Å². The van der Waals surface area contributed by atoms with Crippen molar-refractivity contribution < 1.29 is 4.74 Å². The largest absolute Gasteiger partial charge is 0.367 e. The fraction of sp³-hybridized carbons (Fsp3) is 0.643. The van der Waals surface area contributed by atoms with Crippen molar-refractivity contribution in [3.05, 3.63) is 22.9 Å². The van der Waals surface area contributed by atoms with Crippen LogP contribution in [0.15, 0.2) is 6.07 Å². The minimum atomic E-state index is 0.155. The molecule has 4 heteroatoms. The number of hydrogen-bond donors (Lipinski definition) is 1. The smallest absolute Gasteiger partial charge is 0.132 e. The molecule has 18 heavy (non-hydrogen) atoms. The van der Waals surface area contributed by atoms with E-state index in [1.54, 1.807) is 0 Å². The molecule has 0 saturated carbocycles. The maximum absolute atomic E-state index is 5.67. The molecule has 4 rings (SSSR count). The van der Waals surface area contributed by atoms with Gasteiger partial charge >= 0.3 is 0 Å². The molecule has 4 nitrogen and oxygen atoms in total. The van der Waals surface area contributed by atoms with Crippen molar-refractivity contribution in [2.45, 2.75) is 45.1 Å². The van der Waals surface area contributed by atoms with E-state index >= 15 is 0 Å². The lowest BCUT2D eigenvalue weighted by Gasteiger charge is -2.37. The van der Waals surface area contributed by atoms with Crippen LogP contribution in [0.2, 0.25) is 0 Å². The number of anilines is 1. The Morgan fingerprint density at radius 3 is 3.11 bits per heavy atom. The molecule has 0 spiro atoms. The summed E-state index contributed by atoms with van der Waals surface area (Å²) in [6, 6.07) is 3.45. The van der Waals surface area contributed by atoms with Crippen LogP contribution in [0.1, 0.15) is 36.8 Å². The summed E-state index contributed by atoms with van der Waals surface area (Å²) >= 11 is 0. The number of hydrogen-bond acceptors (Lipinski definition) is 4. The van der Waals surface area contributed by atoms with Gasteiger partial charge in [0.15, 0.2) is 0 Å². The SMILES string of the molecule is C[C@@H]1OCc2cc3c(nc21)N1[C@@H](CNC[C@H]1C)C3. The topological polar surface area (TPSA) is 37.4 Å². The fourth-order valence-electron chi connectivity index (χ4n) is 3.56. The Balaban J connectivity index is 1.81. The Kier molecular flexibility index (Phi) is 2.20. The lowest BCUT2D eigenvalue weighted by molar-refractivity contribution is 0.0779. The number of pyridine rings is 1. The first-order valence-electron chi connectivity index (χ1n) is 6.87. The monoisotopic (exact) mass is 245 g/mol. The van der Waals surface area contributed by atoms with Crippen molar-refractivity contribution in [3.63, 3.8) is 0 Å². The number of nitrogens with zero attached hydrogens (tertiary/aromatic N) is 2. The normalized spacial score (nSPS) is 33.2. The van der Waals surface area contributed by atoms with E-state index in [1.165, 1.54) is 16.9 Å². The van der Waals surface area contributed by atoms with Gasteiger partial charge < -0.3 is 15.0 Å². The molecule has 3 aliphatic rings. The molecule has 0 bridgehead atoms. The highest BCUT2D eigenvalue weighted by molar-refractivity contribution is 5.58. The van der Waals surface area contributed by atoms with Crippen LogP contribution in [0.25, 0.3) is 0 Å². The van der Waals surface area contributed by atoms with Gasteiger partial charge in [-0.1, -0.05) is 0 Å². The molecular formula is C14H19N3O. The van der Waals surface area contributed by atoms with Crippen molar-refractivity contribution in [3.8, 4) is 0 Å². The third kappa shape index (κ3) is 1.36. The molecule has 1 N–H and O–H groups in total. The Morgan fingerprint density at radius 2 is 2.22 bits per heavy atom. The van der Waals surface area contributed by atoms with E-state index in [0.29, 0.717) is 12.1 Å². The van der Waals surface area contributed by atoms with E-state index in [2.05, 4.69) is 30.1 Å². The lowest BCUT2D eigenvalue weighted by Crippen LogP contribution is -2.55. The van der Waals surface area contributed by atoms with E-state index in [-0.39, 0.29) is 6.10 Å². The average Bonchev–Trinajstić information content (AvgIpc) is 2.89. The highest BCUT2D eigenvalue weighted by Crippen LogP contribution is 2.38. The Bertz CT molecular complexity index is 502. The van der Waals surface area contributed by atoms with Crippen molar-refractivity contribution >= 4 is 5.82 Å². The molecule has 0 aromatic carbocycles. The third-order valence-corrected chi connectivity index (χ3v) is 4.45. The molecular weight excluding hydrogens is 226 g/mol. The van der Waals surface area contributed by atoms with Crippen molar-refractivity contribution in [2.75, 3.05) is 18.0 Å². The zero-order chi connectivity index (χ0) is 12.3. The molecule has 1 fully saturated rings. The van der Waals surface area contributed by atoms with Crippen LogP contribution in [-0.4, -0.2) is 30.2 Å². The van der Waals surface area contributed by atoms with Gasteiger partial charge in [0.25, 0.3) is 0 Å². The number of nitrogens with one attached hydrogen (secondary N) is 1. The van der Waals surface area contributed by atoms with Gasteiger partial charge in [0.2, 0.25) is 0 Å². The van der Waals surface area contributed by atoms with Crippen LogP contribution in [0.3, 0.4) is 0 Å². The van der Waals surface area contributed by atoms with Gasteiger partial charge in [-0.2, -0.15) is 0 Å². The molecule has 4 heterocycles. The van der Waals surface area contributed by atoms with Crippen LogP contribution in [0, 0.1) is 0 Å². The second-order valence-corrected chi connectivity index (χ2v) is 5.74. The van der Waals surface area contributed by atoms with Gasteiger partial charge in [-0.3, -0.25) is 0 Å². The Morgan fingerprint density at radius 1 is 1.33 bits per heavy atom. The second kappa shape index (κ2) is 3.68. The predicted molar refractivity (Wildman–Crippen MR) is 69.7 cm³/mol. The van der Waals surface area contributed by atoms with E-state index in [1.807, 2.05) is 0 Å². The first-order chi connectivity index (χ1) is 8.74. The highest BCUT2D eigenvalue weighted by Gasteiger charge is 2.38. The van der Waals surface area contributed by atoms with Crippen LogP contribution < -0.4 is 10.2 Å². The standard InChI is InChI=1S/C14H19N3O/c1-8-5-15-6-12-4-10-3-11-7-18-9(2)13(11)16-14(10)17(8)12/h3,8-9,12,15H,4-7H2,1-2H3/t8-,9+,12-/m1/s1. The summed E-state index contributed by atoms with van der Waals surface area (Å²) in [6.45, 7) is 7.25. The number of fused-ring (bicyclic) bond motifs is 4. The number of ether oxygens (including phenoxy) is 1. The molecule has 1 saturated heterocycles. The Hall–Kier alpha value is -1.13. The van der Waals surface area contributed by atoms with Gasteiger partial charge in [0.1, 0.15) is 5.82 Å². The quantitative estimate of drug-likeness (QED) is 0.749. The maximum atomic E-state index is 5.67. The molecule has 3 atom stereocenters. The zero-order valence-corrected chi connectivity index (χ0v) is 10.9. The van der Waals surface area contributed by atoms with Crippen LogP contribution in [0.5, 0.6) is 0 Å². The summed E-state index contributed by atoms with van der Waals surface area (Å²) in [5.41, 5.74) is 3.86. The molecule has 3 aliphatic heterocycles. The average molecular weight is 245 g/mol. The van der Waals surface area contributed by atoms with Crippen LogP contribution in [0.4, 0.5) is 5.82 Å². The molecule has 0 unspecified atom stereocenters. The molecule has 1 aromatic heterocycles. The third-order valence-electron chi connectivity index (χ3n) is 4.45. The summed E-state index contributed by atoms with van der Waals surface area (Å²) in [4.78, 5) is 7.43. The summed E-state index contributed by atoms with van der Waals surface area (Å²) in [5, 5.41) is 3.51. The van der Waals surface area contributed by atoms with Gasteiger partial charge in [-0.05, 0) is 31.9 Å². The number of piperazine rings is 1. The molecule has 0 amide bonds. The van der Waals surface area contributed by atoms with E-state index in [0.717, 1.165) is 31.8 Å². The summed E-state index contributed by atoms with van der Waals surface area (Å²) in [6.07, 6.45) is 1.28. The predicted octanol–water partition coefficient (Wildman–Crippen LogP) is 1.40. The summed E-state index contributed by atoms with van der Waals surface area (Å²) < 4.78 is 5.67. The van der Waals surface area contributed by atoms with Crippen molar-refractivity contribution in [1.82, 2.24) is 10.3 Å². The highest BCUT2D eigenvalue weighted by atomic mass is 16.5. The van der Waals surface area contributed by atoms with E-state index < -0.39 is 0 Å². The van der Waals surface area contributed by atoms with Crippen molar-refractivity contribution in [1.29, 1.82) is 0 Å². The van der Waals surface area contributed by atoms with Crippen LogP contribution >= 0.6 is 0 Å². The number of aromatic nitrogens is 1. The van der Waals surface area contributed by atoms with E-state index in [4.69, 9.17) is 9.72 Å². The Labute approximate surface area is 107 Å². The summed E-state index contributed by atoms with van der Waals surface area (Å²) in [7, 11) is 0. The summed E-state index contributed by atoms with van der Waals surface area (Å²) in [5.74, 6) is 1.21. The molecule has 0 aliphatic carbocycles. The zero-order valence-electron chi connectivity index (χ0n) is 10.9. The first-order valence-corrected chi connectivity index (χ1v) is 6.87. The van der Waals surface area contributed by atoms with Crippen LogP contribution in [-0.2, 0) is 17.8 Å². The van der Waals surface area contributed by atoms with Crippen molar-refractivity contribution in [2.24, 2.45) is 0 Å². The first kappa shape index (κ1) is 10.8. The molecule has 96 valence electrons. The van der Waals surface area contributed by atoms with Gasteiger partial charge in [0.05, 0.1) is 18.4 Å². The molecule has 0 radical (unpaired) electrons.